The number of carbonyl (C=O) groups is 1. The number of hydrogen-bond acceptors (Lipinski definition) is 3. The van der Waals surface area contributed by atoms with Crippen molar-refractivity contribution in [3.05, 3.63) is 35.9 Å². The summed E-state index contributed by atoms with van der Waals surface area (Å²) in [6.45, 7) is 6.45. The predicted octanol–water partition coefficient (Wildman–Crippen LogP) is 1.47. The maximum Gasteiger partial charge on any atom is 0.237 e. The van der Waals surface area contributed by atoms with Gasteiger partial charge in [-0.1, -0.05) is 30.3 Å². The van der Waals surface area contributed by atoms with Crippen LogP contribution in [-0.4, -0.2) is 54.0 Å². The molecule has 1 N–H and O–H groups in total. The second-order valence-electron chi connectivity index (χ2n) is 6.26. The van der Waals surface area contributed by atoms with E-state index in [9.17, 15) is 4.79 Å². The number of piperazine rings is 1. The van der Waals surface area contributed by atoms with Gasteiger partial charge in [-0.3, -0.25) is 9.69 Å². The zero-order chi connectivity index (χ0) is 14.7. The minimum Gasteiger partial charge on any atom is -0.334 e. The largest absolute Gasteiger partial charge is 0.334 e. The van der Waals surface area contributed by atoms with Crippen LogP contribution in [0.15, 0.2) is 30.3 Å². The number of hydrogen-bond donors (Lipinski definition) is 1. The third-order valence-corrected chi connectivity index (χ3v) is 4.48. The van der Waals surface area contributed by atoms with Crippen LogP contribution in [0.4, 0.5) is 0 Å². The summed E-state index contributed by atoms with van der Waals surface area (Å²) in [5.41, 5.74) is 1.23. The Morgan fingerprint density at radius 2 is 2.10 bits per heavy atom. The Balaban J connectivity index is 1.62. The molecule has 1 aliphatic carbocycles. The van der Waals surface area contributed by atoms with Crippen LogP contribution in [0.5, 0.6) is 0 Å². The van der Waals surface area contributed by atoms with Crippen LogP contribution in [0.1, 0.15) is 25.3 Å². The fourth-order valence-electron chi connectivity index (χ4n) is 2.97. The molecule has 114 valence electrons. The van der Waals surface area contributed by atoms with Gasteiger partial charge in [0.15, 0.2) is 0 Å². The van der Waals surface area contributed by atoms with Crippen molar-refractivity contribution in [1.29, 1.82) is 0 Å². The molecule has 1 atom stereocenters. The molecule has 2 aliphatic rings. The van der Waals surface area contributed by atoms with Crippen LogP contribution in [0.2, 0.25) is 0 Å². The third-order valence-electron chi connectivity index (χ3n) is 4.48. The number of rotatable bonds is 5. The topological polar surface area (TPSA) is 35.6 Å². The Hall–Kier alpha value is -1.39. The van der Waals surface area contributed by atoms with E-state index in [0.29, 0.717) is 18.6 Å². The first-order valence-electron chi connectivity index (χ1n) is 8.02. The molecule has 0 bridgehead atoms. The van der Waals surface area contributed by atoms with Gasteiger partial charge in [0.2, 0.25) is 5.91 Å². The highest BCUT2D eigenvalue weighted by atomic mass is 16.2. The standard InChI is InChI=1S/C17H25N3O/c1-14-11-18-9-10-19(14)13-17(21)20(16-7-8-16)12-15-5-3-2-4-6-15/h2-6,14,16,18H,7-13H2,1H3/t14-/m1/s1. The smallest absolute Gasteiger partial charge is 0.237 e. The molecule has 4 heteroatoms. The summed E-state index contributed by atoms with van der Waals surface area (Å²) in [5.74, 6) is 0.287. The predicted molar refractivity (Wildman–Crippen MR) is 83.9 cm³/mol. The highest BCUT2D eigenvalue weighted by Crippen LogP contribution is 2.28. The number of amides is 1. The van der Waals surface area contributed by atoms with Crippen molar-refractivity contribution in [2.24, 2.45) is 0 Å². The molecule has 1 aromatic carbocycles. The molecule has 21 heavy (non-hydrogen) atoms. The van der Waals surface area contributed by atoms with Gasteiger partial charge < -0.3 is 10.2 Å². The van der Waals surface area contributed by atoms with E-state index < -0.39 is 0 Å². The fourth-order valence-corrected chi connectivity index (χ4v) is 2.97. The number of benzene rings is 1. The zero-order valence-electron chi connectivity index (χ0n) is 12.8. The first-order chi connectivity index (χ1) is 10.2. The van der Waals surface area contributed by atoms with Crippen LogP contribution in [0.25, 0.3) is 0 Å². The Bertz CT molecular complexity index is 472. The zero-order valence-corrected chi connectivity index (χ0v) is 12.8. The molecule has 1 aliphatic heterocycles. The molecule has 1 saturated heterocycles. The third kappa shape index (κ3) is 3.83. The molecule has 1 amide bonds. The quantitative estimate of drug-likeness (QED) is 0.891. The molecule has 2 fully saturated rings. The minimum absolute atomic E-state index is 0.287. The summed E-state index contributed by atoms with van der Waals surface area (Å²) in [5, 5.41) is 3.38. The first-order valence-corrected chi connectivity index (χ1v) is 8.02. The average Bonchev–Trinajstić information content (AvgIpc) is 3.33. The molecule has 3 rings (SSSR count). The van der Waals surface area contributed by atoms with E-state index in [4.69, 9.17) is 0 Å². The highest BCUT2D eigenvalue weighted by molar-refractivity contribution is 5.79. The van der Waals surface area contributed by atoms with Crippen molar-refractivity contribution in [3.63, 3.8) is 0 Å². The molecule has 0 spiro atoms. The summed E-state index contributed by atoms with van der Waals surface area (Å²) in [6, 6.07) is 11.2. The van der Waals surface area contributed by atoms with Crippen LogP contribution in [0.3, 0.4) is 0 Å². The van der Waals surface area contributed by atoms with Gasteiger partial charge in [0.25, 0.3) is 0 Å². The van der Waals surface area contributed by atoms with Crippen molar-refractivity contribution >= 4 is 5.91 Å². The molecule has 1 heterocycles. The first kappa shape index (κ1) is 14.5. The molecule has 0 aromatic heterocycles. The van der Waals surface area contributed by atoms with Gasteiger partial charge in [-0.15, -0.1) is 0 Å². The number of carbonyl (C=O) groups excluding carboxylic acids is 1. The lowest BCUT2D eigenvalue weighted by Gasteiger charge is -2.35. The van der Waals surface area contributed by atoms with Crippen molar-refractivity contribution < 1.29 is 4.79 Å². The number of nitrogens with zero attached hydrogens (tertiary/aromatic N) is 2. The molecule has 4 nitrogen and oxygen atoms in total. The second kappa shape index (κ2) is 6.58. The van der Waals surface area contributed by atoms with E-state index in [2.05, 4.69) is 34.2 Å². The normalized spacial score (nSPS) is 23.0. The van der Waals surface area contributed by atoms with Gasteiger partial charge in [0.1, 0.15) is 0 Å². The lowest BCUT2D eigenvalue weighted by atomic mass is 10.2. The van der Waals surface area contributed by atoms with Crippen LogP contribution < -0.4 is 5.32 Å². The van der Waals surface area contributed by atoms with Gasteiger partial charge in [0, 0.05) is 38.3 Å². The van der Waals surface area contributed by atoms with Gasteiger partial charge in [-0.25, -0.2) is 0 Å². The van der Waals surface area contributed by atoms with E-state index in [-0.39, 0.29) is 5.91 Å². The average molecular weight is 287 g/mol. The Morgan fingerprint density at radius 3 is 2.76 bits per heavy atom. The number of nitrogens with one attached hydrogen (secondary N) is 1. The van der Waals surface area contributed by atoms with E-state index in [1.807, 2.05) is 18.2 Å². The summed E-state index contributed by atoms with van der Waals surface area (Å²) >= 11 is 0. The van der Waals surface area contributed by atoms with E-state index in [1.165, 1.54) is 5.56 Å². The van der Waals surface area contributed by atoms with E-state index in [1.54, 1.807) is 0 Å². The Morgan fingerprint density at radius 1 is 1.33 bits per heavy atom. The fraction of sp³-hybridized carbons (Fsp3) is 0.588. The van der Waals surface area contributed by atoms with Crippen molar-refractivity contribution in [1.82, 2.24) is 15.1 Å². The molecule has 1 saturated carbocycles. The molecular weight excluding hydrogens is 262 g/mol. The minimum atomic E-state index is 0.287. The van der Waals surface area contributed by atoms with Gasteiger partial charge >= 0.3 is 0 Å². The summed E-state index contributed by atoms with van der Waals surface area (Å²) < 4.78 is 0. The van der Waals surface area contributed by atoms with E-state index in [0.717, 1.165) is 39.0 Å². The lowest BCUT2D eigenvalue weighted by Crippen LogP contribution is -2.53. The van der Waals surface area contributed by atoms with Gasteiger partial charge in [-0.2, -0.15) is 0 Å². The summed E-state index contributed by atoms with van der Waals surface area (Å²) in [6.07, 6.45) is 2.32. The van der Waals surface area contributed by atoms with Gasteiger partial charge in [-0.05, 0) is 25.3 Å². The summed E-state index contributed by atoms with van der Waals surface area (Å²) in [4.78, 5) is 17.1. The van der Waals surface area contributed by atoms with Crippen LogP contribution in [-0.2, 0) is 11.3 Å². The lowest BCUT2D eigenvalue weighted by molar-refractivity contribution is -0.134. The van der Waals surface area contributed by atoms with Crippen molar-refractivity contribution in [2.75, 3.05) is 26.2 Å². The summed E-state index contributed by atoms with van der Waals surface area (Å²) in [7, 11) is 0. The Kier molecular flexibility index (Phi) is 4.56. The Labute approximate surface area is 127 Å². The monoisotopic (exact) mass is 287 g/mol. The second-order valence-corrected chi connectivity index (χ2v) is 6.26. The van der Waals surface area contributed by atoms with E-state index >= 15 is 0 Å². The molecule has 1 aromatic rings. The molecular formula is C17H25N3O. The molecule has 0 unspecified atom stereocenters. The van der Waals surface area contributed by atoms with Crippen molar-refractivity contribution in [2.45, 2.75) is 38.4 Å². The maximum atomic E-state index is 12.7. The maximum absolute atomic E-state index is 12.7. The van der Waals surface area contributed by atoms with Gasteiger partial charge in [0.05, 0.1) is 6.54 Å². The van der Waals surface area contributed by atoms with Crippen molar-refractivity contribution in [3.8, 4) is 0 Å². The SMILES string of the molecule is C[C@@H]1CNCCN1CC(=O)N(Cc1ccccc1)C1CC1. The van der Waals surface area contributed by atoms with Crippen LogP contribution in [0, 0.1) is 0 Å². The highest BCUT2D eigenvalue weighted by Gasteiger charge is 2.33. The van der Waals surface area contributed by atoms with Crippen LogP contribution >= 0.6 is 0 Å². The molecule has 0 radical (unpaired) electrons.